The summed E-state index contributed by atoms with van der Waals surface area (Å²) in [7, 11) is 0. The predicted molar refractivity (Wildman–Crippen MR) is 63.1 cm³/mol. The van der Waals surface area contributed by atoms with Gasteiger partial charge in [0.15, 0.2) is 0 Å². The van der Waals surface area contributed by atoms with Crippen molar-refractivity contribution in [1.82, 2.24) is 10.2 Å². The molecule has 0 aromatic heterocycles. The molecule has 6 heteroatoms. The molecule has 1 saturated heterocycles. The van der Waals surface area contributed by atoms with Crippen LogP contribution in [0.1, 0.15) is 27.2 Å². The van der Waals surface area contributed by atoms with E-state index in [1.165, 1.54) is 4.90 Å². The molecule has 1 heterocycles. The Labute approximate surface area is 101 Å². The van der Waals surface area contributed by atoms with E-state index in [2.05, 4.69) is 5.32 Å². The minimum absolute atomic E-state index is 0.168. The topological polar surface area (TPSA) is 95.7 Å². The summed E-state index contributed by atoms with van der Waals surface area (Å²) in [6.45, 7) is 6.22. The highest BCUT2D eigenvalue weighted by Crippen LogP contribution is 2.21. The number of likely N-dealkylation sites (tertiary alicyclic amines) is 1. The summed E-state index contributed by atoms with van der Waals surface area (Å²) in [6, 6.07) is -0.699. The number of hydrogen-bond donors (Lipinski definition) is 3. The van der Waals surface area contributed by atoms with Gasteiger partial charge in [-0.2, -0.15) is 0 Å². The molecule has 0 aromatic rings. The number of aliphatic hydroxyl groups is 1. The summed E-state index contributed by atoms with van der Waals surface area (Å²) in [5.41, 5.74) is 4.48. The van der Waals surface area contributed by atoms with Gasteiger partial charge in [-0.1, -0.05) is 6.92 Å². The highest BCUT2D eigenvalue weighted by atomic mass is 16.3. The van der Waals surface area contributed by atoms with Gasteiger partial charge in [-0.05, 0) is 20.4 Å². The average Bonchev–Trinajstić information content (AvgIpc) is 2.59. The molecule has 0 saturated carbocycles. The van der Waals surface area contributed by atoms with Crippen LogP contribution in [-0.2, 0) is 9.59 Å². The van der Waals surface area contributed by atoms with Gasteiger partial charge in [-0.3, -0.25) is 9.59 Å². The Morgan fingerprint density at radius 1 is 1.53 bits per heavy atom. The Morgan fingerprint density at radius 2 is 2.12 bits per heavy atom. The summed E-state index contributed by atoms with van der Waals surface area (Å²) in [6.07, 6.45) is -0.447. The lowest BCUT2D eigenvalue weighted by Crippen LogP contribution is -2.57. The number of carbonyl (C=O) groups excluding carboxylic acids is 2. The van der Waals surface area contributed by atoms with Gasteiger partial charge in [0.25, 0.3) is 0 Å². The number of β-amino-alcohol motifs (C(OH)–C–C–N with tert-alkyl or cyclic N) is 1. The van der Waals surface area contributed by atoms with E-state index in [0.29, 0.717) is 6.54 Å². The molecule has 1 aliphatic rings. The zero-order valence-corrected chi connectivity index (χ0v) is 10.6. The van der Waals surface area contributed by atoms with Crippen LogP contribution in [0.5, 0.6) is 0 Å². The summed E-state index contributed by atoms with van der Waals surface area (Å²) >= 11 is 0. The Morgan fingerprint density at radius 3 is 2.59 bits per heavy atom. The first-order chi connectivity index (χ1) is 7.79. The molecule has 1 rings (SSSR count). The lowest BCUT2D eigenvalue weighted by atomic mass is 10.0. The fourth-order valence-electron chi connectivity index (χ4n) is 2.18. The van der Waals surface area contributed by atoms with E-state index in [1.807, 2.05) is 6.92 Å². The lowest BCUT2D eigenvalue weighted by molar-refractivity contribution is -0.142. The highest BCUT2D eigenvalue weighted by Gasteiger charge is 2.42. The van der Waals surface area contributed by atoms with Crippen molar-refractivity contribution in [2.75, 3.05) is 13.1 Å². The molecule has 2 amide bonds. The number of hydrogen-bond acceptors (Lipinski definition) is 4. The first-order valence-electron chi connectivity index (χ1n) is 5.83. The van der Waals surface area contributed by atoms with E-state index in [-0.39, 0.29) is 18.9 Å². The molecular weight excluding hydrogens is 222 g/mol. The summed E-state index contributed by atoms with van der Waals surface area (Å²) in [5.74, 6) is -0.776. The lowest BCUT2D eigenvalue weighted by Gasteiger charge is -2.32. The number of carbonyl (C=O) groups is 2. The van der Waals surface area contributed by atoms with Crippen molar-refractivity contribution in [2.45, 2.75) is 44.9 Å². The molecule has 1 fully saturated rings. The van der Waals surface area contributed by atoms with Crippen LogP contribution < -0.4 is 11.1 Å². The third kappa shape index (κ3) is 2.95. The van der Waals surface area contributed by atoms with E-state index in [4.69, 9.17) is 5.73 Å². The van der Waals surface area contributed by atoms with Crippen molar-refractivity contribution in [3.63, 3.8) is 0 Å². The number of aliphatic hydroxyl groups excluding tert-OH is 1. The van der Waals surface area contributed by atoms with Gasteiger partial charge >= 0.3 is 0 Å². The predicted octanol–water partition coefficient (Wildman–Crippen LogP) is -1.18. The zero-order chi connectivity index (χ0) is 13.2. The van der Waals surface area contributed by atoms with Crippen LogP contribution in [0.25, 0.3) is 0 Å². The van der Waals surface area contributed by atoms with Crippen molar-refractivity contribution in [2.24, 2.45) is 5.73 Å². The Balaban J connectivity index is 2.84. The smallest absolute Gasteiger partial charge is 0.243 e. The van der Waals surface area contributed by atoms with Gasteiger partial charge in [-0.25, -0.2) is 0 Å². The van der Waals surface area contributed by atoms with Crippen LogP contribution in [0.15, 0.2) is 0 Å². The first kappa shape index (κ1) is 13.9. The van der Waals surface area contributed by atoms with Gasteiger partial charge < -0.3 is 21.1 Å². The monoisotopic (exact) mass is 243 g/mol. The zero-order valence-electron chi connectivity index (χ0n) is 10.6. The second-order valence-corrected chi connectivity index (χ2v) is 4.92. The highest BCUT2D eigenvalue weighted by molar-refractivity contribution is 5.91. The van der Waals surface area contributed by atoms with Gasteiger partial charge in [0.1, 0.15) is 6.04 Å². The number of likely N-dealkylation sites (N-methyl/N-ethyl adjacent to an activating group) is 1. The molecule has 0 aromatic carbocycles. The molecular formula is C11H21N3O3. The molecule has 98 valence electrons. The van der Waals surface area contributed by atoms with Crippen LogP contribution in [0, 0.1) is 0 Å². The number of primary amides is 1. The molecule has 0 spiro atoms. The van der Waals surface area contributed by atoms with Crippen molar-refractivity contribution >= 4 is 11.8 Å². The quantitative estimate of drug-likeness (QED) is 0.579. The summed E-state index contributed by atoms with van der Waals surface area (Å²) < 4.78 is 0. The third-order valence-electron chi connectivity index (χ3n) is 3.02. The maximum absolute atomic E-state index is 12.3. The first-order valence-corrected chi connectivity index (χ1v) is 5.83. The van der Waals surface area contributed by atoms with E-state index in [1.54, 1.807) is 13.8 Å². The van der Waals surface area contributed by atoms with E-state index in [0.717, 1.165) is 0 Å². The Bertz CT molecular complexity index is 317. The van der Waals surface area contributed by atoms with Crippen LogP contribution in [0.2, 0.25) is 0 Å². The fourth-order valence-corrected chi connectivity index (χ4v) is 2.18. The Kier molecular flexibility index (Phi) is 4.11. The number of amides is 2. The minimum Gasteiger partial charge on any atom is -0.391 e. The number of nitrogens with zero attached hydrogens (tertiary/aromatic N) is 1. The van der Waals surface area contributed by atoms with Crippen molar-refractivity contribution in [3.8, 4) is 0 Å². The van der Waals surface area contributed by atoms with E-state index >= 15 is 0 Å². The van der Waals surface area contributed by atoms with Crippen molar-refractivity contribution in [3.05, 3.63) is 0 Å². The maximum Gasteiger partial charge on any atom is 0.243 e. The molecule has 0 radical (unpaired) electrons. The third-order valence-corrected chi connectivity index (χ3v) is 3.02. The number of nitrogens with two attached hydrogens (primary N) is 1. The minimum atomic E-state index is -0.757. The van der Waals surface area contributed by atoms with Crippen LogP contribution in [0.3, 0.4) is 0 Å². The van der Waals surface area contributed by atoms with Gasteiger partial charge in [0.05, 0.1) is 11.6 Å². The molecule has 0 bridgehead atoms. The number of nitrogens with one attached hydrogen (secondary N) is 1. The largest absolute Gasteiger partial charge is 0.391 e. The second-order valence-electron chi connectivity index (χ2n) is 4.92. The molecule has 2 unspecified atom stereocenters. The van der Waals surface area contributed by atoms with Gasteiger partial charge in [0, 0.05) is 13.0 Å². The summed E-state index contributed by atoms with van der Waals surface area (Å²) in [4.78, 5) is 24.9. The van der Waals surface area contributed by atoms with Crippen molar-refractivity contribution < 1.29 is 14.7 Å². The van der Waals surface area contributed by atoms with E-state index in [9.17, 15) is 14.7 Å². The standard InChI is InChI=1S/C11H21N3O3/c1-4-13-11(2,3)10(17)14-6-7(15)5-8(14)9(12)16/h7-8,13,15H,4-6H2,1-3H3,(H2,12,16). The average molecular weight is 243 g/mol. The summed E-state index contributed by atoms with van der Waals surface area (Å²) in [5, 5.41) is 12.6. The molecule has 1 aliphatic heterocycles. The maximum atomic E-state index is 12.3. The second kappa shape index (κ2) is 5.01. The SMILES string of the molecule is CCNC(C)(C)C(=O)N1CC(O)CC1C(N)=O. The Hall–Kier alpha value is -1.14. The van der Waals surface area contributed by atoms with Gasteiger partial charge in [0.2, 0.25) is 11.8 Å². The molecule has 17 heavy (non-hydrogen) atoms. The fraction of sp³-hybridized carbons (Fsp3) is 0.818. The van der Waals surface area contributed by atoms with Crippen LogP contribution in [0.4, 0.5) is 0 Å². The molecule has 6 nitrogen and oxygen atoms in total. The van der Waals surface area contributed by atoms with Gasteiger partial charge in [-0.15, -0.1) is 0 Å². The van der Waals surface area contributed by atoms with E-state index < -0.39 is 23.6 Å². The molecule has 4 N–H and O–H groups in total. The molecule has 0 aliphatic carbocycles. The normalized spacial score (nSPS) is 25.1. The number of rotatable bonds is 4. The van der Waals surface area contributed by atoms with Crippen LogP contribution >= 0.6 is 0 Å². The van der Waals surface area contributed by atoms with Crippen LogP contribution in [-0.4, -0.2) is 52.6 Å². The van der Waals surface area contributed by atoms with Crippen molar-refractivity contribution in [1.29, 1.82) is 0 Å². The molecule has 2 atom stereocenters.